The zero-order valence-electron chi connectivity index (χ0n) is 15.1. The van der Waals surface area contributed by atoms with E-state index >= 15 is 0 Å². The third-order valence-electron chi connectivity index (χ3n) is 3.55. The molecule has 0 aliphatic heterocycles. The van der Waals surface area contributed by atoms with Crippen molar-refractivity contribution in [2.24, 2.45) is 0 Å². The summed E-state index contributed by atoms with van der Waals surface area (Å²) in [4.78, 5) is 15.1. The van der Waals surface area contributed by atoms with Crippen LogP contribution in [0.2, 0.25) is 0 Å². The van der Waals surface area contributed by atoms with E-state index in [1.54, 1.807) is 39.0 Å². The van der Waals surface area contributed by atoms with Gasteiger partial charge >= 0.3 is 5.97 Å². The van der Waals surface area contributed by atoms with Crippen LogP contribution in [0.15, 0.2) is 36.4 Å². The molecular formula is C20H20FNO4. The van der Waals surface area contributed by atoms with Crippen molar-refractivity contribution in [2.75, 3.05) is 6.61 Å². The molecule has 5 nitrogen and oxygen atoms in total. The lowest BCUT2D eigenvalue weighted by atomic mass is 10.1. The molecule has 0 N–H and O–H groups in total. The Balaban J connectivity index is 2.17. The zero-order chi connectivity index (χ0) is 19.3. The van der Waals surface area contributed by atoms with Crippen molar-refractivity contribution in [3.8, 4) is 17.2 Å². The average molecular weight is 357 g/mol. The molecular weight excluding hydrogens is 337 g/mol. The summed E-state index contributed by atoms with van der Waals surface area (Å²) in [6, 6.07) is 9.07. The Morgan fingerprint density at radius 3 is 2.46 bits per heavy atom. The van der Waals surface area contributed by atoms with Crippen LogP contribution in [0.5, 0.6) is 17.2 Å². The average Bonchev–Trinajstić information content (AvgIpc) is 2.59. The predicted octanol–water partition coefficient (Wildman–Crippen LogP) is 5.20. The Labute approximate surface area is 152 Å². The van der Waals surface area contributed by atoms with Crippen molar-refractivity contribution in [3.63, 3.8) is 0 Å². The van der Waals surface area contributed by atoms with Crippen molar-refractivity contribution in [2.45, 2.75) is 33.3 Å². The van der Waals surface area contributed by atoms with Crippen LogP contribution in [0.4, 0.5) is 10.1 Å². The van der Waals surface area contributed by atoms with Gasteiger partial charge in [-0.2, -0.15) is 0 Å². The molecule has 0 heterocycles. The van der Waals surface area contributed by atoms with Crippen LogP contribution in [-0.2, 0) is 9.53 Å². The molecule has 2 aromatic carbocycles. The highest BCUT2D eigenvalue weighted by atomic mass is 19.1. The van der Waals surface area contributed by atoms with Crippen LogP contribution in [0.1, 0.15) is 26.3 Å². The molecule has 136 valence electrons. The number of nitrogens with zero attached hydrogens (tertiary/aromatic N) is 1. The molecule has 0 aliphatic rings. The summed E-state index contributed by atoms with van der Waals surface area (Å²) in [5.74, 6) is 0.353. The van der Waals surface area contributed by atoms with Crippen molar-refractivity contribution in [1.82, 2.24) is 0 Å². The number of esters is 1. The summed E-state index contributed by atoms with van der Waals surface area (Å²) in [6.45, 7) is 14.1. The third kappa shape index (κ3) is 4.51. The summed E-state index contributed by atoms with van der Waals surface area (Å²) in [5, 5.41) is 0. The number of hydrogen-bond acceptors (Lipinski definition) is 4. The van der Waals surface area contributed by atoms with E-state index in [1.165, 1.54) is 18.2 Å². The highest BCUT2D eigenvalue weighted by Crippen LogP contribution is 2.31. The minimum atomic E-state index is -1.12. The molecule has 0 radical (unpaired) electrons. The molecule has 0 fully saturated rings. The van der Waals surface area contributed by atoms with Gasteiger partial charge < -0.3 is 14.2 Å². The first-order chi connectivity index (χ1) is 12.3. The van der Waals surface area contributed by atoms with E-state index < -0.39 is 17.4 Å². The number of benzene rings is 2. The highest BCUT2D eigenvalue weighted by Gasteiger charge is 2.32. The second-order valence-electron chi connectivity index (χ2n) is 6.09. The molecule has 0 amide bonds. The Morgan fingerprint density at radius 2 is 1.85 bits per heavy atom. The van der Waals surface area contributed by atoms with E-state index in [2.05, 4.69) is 4.85 Å². The van der Waals surface area contributed by atoms with Gasteiger partial charge in [0.25, 0.3) is 0 Å². The SMILES string of the molecule is [C-]#[N+]c1cc(Oc2ccc(OC(C)(C)C(=O)OCC)c(C)c2)ccc1F. The molecule has 0 bridgehead atoms. The minimum Gasteiger partial charge on any atom is -0.476 e. The van der Waals surface area contributed by atoms with E-state index in [9.17, 15) is 9.18 Å². The third-order valence-corrected chi connectivity index (χ3v) is 3.55. The molecule has 0 saturated carbocycles. The van der Waals surface area contributed by atoms with Gasteiger partial charge in [0.2, 0.25) is 5.69 Å². The number of carbonyl (C=O) groups excluding carboxylic acids is 1. The molecule has 26 heavy (non-hydrogen) atoms. The van der Waals surface area contributed by atoms with Gasteiger partial charge in [0, 0.05) is 0 Å². The maximum absolute atomic E-state index is 13.4. The molecule has 6 heteroatoms. The smallest absolute Gasteiger partial charge is 0.349 e. The van der Waals surface area contributed by atoms with Crippen molar-refractivity contribution in [1.29, 1.82) is 0 Å². The van der Waals surface area contributed by atoms with E-state index in [4.69, 9.17) is 20.8 Å². The van der Waals surface area contributed by atoms with E-state index in [-0.39, 0.29) is 12.3 Å². The van der Waals surface area contributed by atoms with Crippen LogP contribution < -0.4 is 9.47 Å². The number of ether oxygens (including phenoxy) is 3. The van der Waals surface area contributed by atoms with Gasteiger partial charge in [0.05, 0.1) is 13.2 Å². The molecule has 0 atom stereocenters. The topological polar surface area (TPSA) is 49.1 Å². The van der Waals surface area contributed by atoms with Crippen LogP contribution >= 0.6 is 0 Å². The van der Waals surface area contributed by atoms with Crippen molar-refractivity contribution in [3.05, 3.63) is 59.2 Å². The van der Waals surface area contributed by atoms with Crippen LogP contribution in [0.25, 0.3) is 4.85 Å². The quantitative estimate of drug-likeness (QED) is 0.527. The number of rotatable bonds is 6. The summed E-state index contributed by atoms with van der Waals surface area (Å²) in [7, 11) is 0. The monoisotopic (exact) mass is 357 g/mol. The van der Waals surface area contributed by atoms with Gasteiger partial charge in [-0.25, -0.2) is 14.0 Å². The fourth-order valence-corrected chi connectivity index (χ4v) is 2.20. The molecule has 0 aliphatic carbocycles. The molecule has 2 aromatic rings. The Hall–Kier alpha value is -3.07. The lowest BCUT2D eigenvalue weighted by Crippen LogP contribution is -2.39. The van der Waals surface area contributed by atoms with Crippen molar-refractivity contribution < 1.29 is 23.4 Å². The van der Waals surface area contributed by atoms with Gasteiger partial charge in [0.15, 0.2) is 5.60 Å². The van der Waals surface area contributed by atoms with Gasteiger partial charge in [-0.05, 0) is 69.7 Å². The van der Waals surface area contributed by atoms with Crippen LogP contribution in [0, 0.1) is 19.3 Å². The Kier molecular flexibility index (Phi) is 5.83. The minimum absolute atomic E-state index is 0.102. The first kappa shape index (κ1) is 19.3. The maximum atomic E-state index is 13.4. The van der Waals surface area contributed by atoms with E-state index in [0.29, 0.717) is 17.2 Å². The second kappa shape index (κ2) is 7.87. The number of hydrogen-bond donors (Lipinski definition) is 0. The predicted molar refractivity (Wildman–Crippen MR) is 95.3 cm³/mol. The standard InChI is InChI=1S/C20H20FNO4/c1-6-24-19(23)20(3,4)26-18-10-8-14(11-13(18)2)25-15-7-9-16(21)17(12-15)22-5/h7-12H,6H2,1-4H3. The van der Waals surface area contributed by atoms with Gasteiger partial charge in [0.1, 0.15) is 23.1 Å². The van der Waals surface area contributed by atoms with E-state index in [0.717, 1.165) is 5.56 Å². The number of carbonyl (C=O) groups is 1. The van der Waals surface area contributed by atoms with Crippen LogP contribution in [-0.4, -0.2) is 18.2 Å². The summed E-state index contributed by atoms with van der Waals surface area (Å²) in [5.41, 5.74) is -0.465. The van der Waals surface area contributed by atoms with Crippen molar-refractivity contribution >= 4 is 11.7 Å². The largest absolute Gasteiger partial charge is 0.476 e. The Bertz CT molecular complexity index is 855. The maximum Gasteiger partial charge on any atom is 0.349 e. The van der Waals surface area contributed by atoms with Crippen LogP contribution in [0.3, 0.4) is 0 Å². The molecule has 0 unspecified atom stereocenters. The van der Waals surface area contributed by atoms with Gasteiger partial charge in [-0.3, -0.25) is 0 Å². The zero-order valence-corrected chi connectivity index (χ0v) is 15.1. The first-order valence-electron chi connectivity index (χ1n) is 8.08. The molecule has 0 spiro atoms. The molecule has 0 saturated heterocycles. The van der Waals surface area contributed by atoms with E-state index in [1.807, 2.05) is 6.92 Å². The summed E-state index contributed by atoms with van der Waals surface area (Å²) in [6.07, 6.45) is 0. The molecule has 2 rings (SSSR count). The number of halogens is 1. The normalized spacial score (nSPS) is 10.8. The first-order valence-corrected chi connectivity index (χ1v) is 8.08. The lowest BCUT2D eigenvalue weighted by molar-refractivity contribution is -0.158. The van der Waals surface area contributed by atoms with Gasteiger partial charge in [-0.1, -0.05) is 0 Å². The summed E-state index contributed by atoms with van der Waals surface area (Å²) >= 11 is 0. The molecule has 0 aromatic heterocycles. The second-order valence-corrected chi connectivity index (χ2v) is 6.09. The Morgan fingerprint density at radius 1 is 1.19 bits per heavy atom. The lowest BCUT2D eigenvalue weighted by Gasteiger charge is -2.25. The highest BCUT2D eigenvalue weighted by molar-refractivity contribution is 5.79. The number of aryl methyl sites for hydroxylation is 1. The fourth-order valence-electron chi connectivity index (χ4n) is 2.20. The fraction of sp³-hybridized carbons (Fsp3) is 0.300. The summed E-state index contributed by atoms with van der Waals surface area (Å²) < 4.78 is 29.8. The van der Waals surface area contributed by atoms with Gasteiger partial charge in [-0.15, -0.1) is 0 Å².